The molecule has 1 aliphatic rings. The lowest BCUT2D eigenvalue weighted by Gasteiger charge is -2.39. The molecule has 1 fully saturated rings. The second kappa shape index (κ2) is 4.79. The van der Waals surface area contributed by atoms with Crippen molar-refractivity contribution in [3.8, 4) is 0 Å². The van der Waals surface area contributed by atoms with Crippen LogP contribution in [0, 0.1) is 19.8 Å². The van der Waals surface area contributed by atoms with Crippen LogP contribution >= 0.6 is 0 Å². The number of aliphatic hydroxyl groups is 1. The lowest BCUT2D eigenvalue weighted by molar-refractivity contribution is -0.0331. The van der Waals surface area contributed by atoms with Gasteiger partial charge in [0.2, 0.25) is 0 Å². The molecular weight excluding hydrogens is 210 g/mol. The van der Waals surface area contributed by atoms with Gasteiger partial charge >= 0.3 is 0 Å². The monoisotopic (exact) mass is 233 g/mol. The molecule has 0 aliphatic carbocycles. The molecule has 94 valence electrons. The summed E-state index contributed by atoms with van der Waals surface area (Å²) in [5, 5.41) is 14.1. The molecule has 2 N–H and O–H groups in total. The van der Waals surface area contributed by atoms with Crippen molar-refractivity contribution in [2.45, 2.75) is 39.2 Å². The largest absolute Gasteiger partial charge is 0.389 e. The van der Waals surface area contributed by atoms with Gasteiger partial charge in [0.1, 0.15) is 0 Å². The maximum absolute atomic E-state index is 10.8. The summed E-state index contributed by atoms with van der Waals surface area (Å²) in [5.74, 6) is 0.315. The van der Waals surface area contributed by atoms with Gasteiger partial charge in [-0.15, -0.1) is 0 Å². The maximum Gasteiger partial charge on any atom is 0.0737 e. The molecule has 1 saturated heterocycles. The summed E-state index contributed by atoms with van der Waals surface area (Å²) in [4.78, 5) is 0. The molecule has 1 aliphatic heterocycles. The highest BCUT2D eigenvalue weighted by atomic mass is 16.3. The zero-order valence-electron chi connectivity index (χ0n) is 11.1. The van der Waals surface area contributed by atoms with Gasteiger partial charge in [-0.1, -0.05) is 25.1 Å². The Morgan fingerprint density at radius 2 is 2.00 bits per heavy atom. The molecule has 2 atom stereocenters. The number of aryl methyl sites for hydroxylation is 2. The summed E-state index contributed by atoms with van der Waals surface area (Å²) in [6, 6.07) is 6.36. The lowest BCUT2D eigenvalue weighted by atomic mass is 9.77. The van der Waals surface area contributed by atoms with Crippen molar-refractivity contribution in [1.82, 2.24) is 5.32 Å². The fourth-order valence-electron chi connectivity index (χ4n) is 2.76. The van der Waals surface area contributed by atoms with Gasteiger partial charge in [-0.3, -0.25) is 0 Å². The average Bonchev–Trinajstić information content (AvgIpc) is 2.28. The summed E-state index contributed by atoms with van der Waals surface area (Å²) < 4.78 is 0. The molecule has 0 spiro atoms. The highest BCUT2D eigenvalue weighted by molar-refractivity contribution is 5.34. The Morgan fingerprint density at radius 3 is 2.59 bits per heavy atom. The van der Waals surface area contributed by atoms with E-state index in [1.165, 1.54) is 16.7 Å². The third-order valence-electron chi connectivity index (χ3n) is 4.23. The molecule has 0 bridgehead atoms. The Labute approximate surface area is 104 Å². The standard InChI is InChI=1S/C15H23NO/c1-11-5-4-6-12(2)14(11)9-15(17)7-8-16-10-13(15)3/h4-6,13,16-17H,7-10H2,1-3H3. The summed E-state index contributed by atoms with van der Waals surface area (Å²) in [6.45, 7) is 8.25. The minimum Gasteiger partial charge on any atom is -0.389 e. The Morgan fingerprint density at radius 1 is 1.35 bits per heavy atom. The Kier molecular flexibility index (Phi) is 3.55. The first kappa shape index (κ1) is 12.6. The van der Waals surface area contributed by atoms with Crippen molar-refractivity contribution < 1.29 is 5.11 Å². The van der Waals surface area contributed by atoms with Gasteiger partial charge in [0.15, 0.2) is 0 Å². The van der Waals surface area contributed by atoms with E-state index in [9.17, 15) is 5.11 Å². The van der Waals surface area contributed by atoms with Crippen molar-refractivity contribution in [2.24, 2.45) is 5.92 Å². The summed E-state index contributed by atoms with van der Waals surface area (Å²) >= 11 is 0. The average molecular weight is 233 g/mol. The van der Waals surface area contributed by atoms with Crippen molar-refractivity contribution in [3.63, 3.8) is 0 Å². The molecule has 0 radical (unpaired) electrons. The second-order valence-corrected chi connectivity index (χ2v) is 5.51. The van der Waals surface area contributed by atoms with Crippen molar-refractivity contribution in [3.05, 3.63) is 34.9 Å². The molecule has 2 unspecified atom stereocenters. The second-order valence-electron chi connectivity index (χ2n) is 5.51. The van der Waals surface area contributed by atoms with Gasteiger partial charge in [-0.05, 0) is 49.4 Å². The number of piperidine rings is 1. The first-order valence-electron chi connectivity index (χ1n) is 6.51. The van der Waals surface area contributed by atoms with Crippen LogP contribution in [0.2, 0.25) is 0 Å². The van der Waals surface area contributed by atoms with Gasteiger partial charge in [0.25, 0.3) is 0 Å². The van der Waals surface area contributed by atoms with E-state index in [4.69, 9.17) is 0 Å². The van der Waals surface area contributed by atoms with Crippen LogP contribution in [-0.4, -0.2) is 23.8 Å². The first-order valence-corrected chi connectivity index (χ1v) is 6.51. The highest BCUT2D eigenvalue weighted by Crippen LogP contribution is 2.30. The van der Waals surface area contributed by atoms with E-state index in [-0.39, 0.29) is 0 Å². The quantitative estimate of drug-likeness (QED) is 0.821. The van der Waals surface area contributed by atoms with Crippen molar-refractivity contribution in [1.29, 1.82) is 0 Å². The summed E-state index contributed by atoms with van der Waals surface area (Å²) in [6.07, 6.45) is 1.64. The van der Waals surface area contributed by atoms with Crippen LogP contribution in [0.15, 0.2) is 18.2 Å². The Hall–Kier alpha value is -0.860. The molecule has 17 heavy (non-hydrogen) atoms. The number of hydrogen-bond donors (Lipinski definition) is 2. The van der Waals surface area contributed by atoms with Gasteiger partial charge in [-0.2, -0.15) is 0 Å². The van der Waals surface area contributed by atoms with Crippen LogP contribution in [-0.2, 0) is 6.42 Å². The molecule has 1 aromatic rings. The van der Waals surface area contributed by atoms with E-state index in [1.807, 2.05) is 0 Å². The normalized spacial score (nSPS) is 29.3. The lowest BCUT2D eigenvalue weighted by Crippen LogP contribution is -2.50. The molecule has 1 aromatic carbocycles. The SMILES string of the molecule is Cc1cccc(C)c1CC1(O)CCNCC1C. The summed E-state index contributed by atoms with van der Waals surface area (Å²) in [5.41, 5.74) is 3.37. The van der Waals surface area contributed by atoms with Crippen LogP contribution in [0.4, 0.5) is 0 Å². The van der Waals surface area contributed by atoms with E-state index in [0.29, 0.717) is 5.92 Å². The fourth-order valence-corrected chi connectivity index (χ4v) is 2.76. The minimum atomic E-state index is -0.540. The fraction of sp³-hybridized carbons (Fsp3) is 0.600. The maximum atomic E-state index is 10.8. The zero-order chi connectivity index (χ0) is 12.5. The Balaban J connectivity index is 2.25. The summed E-state index contributed by atoms with van der Waals surface area (Å²) in [7, 11) is 0. The van der Waals surface area contributed by atoms with Gasteiger partial charge in [-0.25, -0.2) is 0 Å². The number of benzene rings is 1. The molecule has 2 heteroatoms. The van der Waals surface area contributed by atoms with Crippen molar-refractivity contribution >= 4 is 0 Å². The molecule has 0 aromatic heterocycles. The van der Waals surface area contributed by atoms with E-state index >= 15 is 0 Å². The minimum absolute atomic E-state index is 0.315. The predicted octanol–water partition coefficient (Wildman–Crippen LogP) is 2.21. The van der Waals surface area contributed by atoms with Crippen LogP contribution in [0.25, 0.3) is 0 Å². The highest BCUT2D eigenvalue weighted by Gasteiger charge is 2.36. The predicted molar refractivity (Wildman–Crippen MR) is 71.2 cm³/mol. The zero-order valence-corrected chi connectivity index (χ0v) is 11.1. The van der Waals surface area contributed by atoms with E-state index in [1.54, 1.807) is 0 Å². The molecular formula is C15H23NO. The smallest absolute Gasteiger partial charge is 0.0737 e. The van der Waals surface area contributed by atoms with Gasteiger partial charge in [0.05, 0.1) is 5.60 Å². The van der Waals surface area contributed by atoms with Crippen LogP contribution in [0.5, 0.6) is 0 Å². The molecule has 1 heterocycles. The third-order valence-corrected chi connectivity index (χ3v) is 4.23. The van der Waals surface area contributed by atoms with Crippen LogP contribution in [0.3, 0.4) is 0 Å². The Bertz CT molecular complexity index is 382. The first-order chi connectivity index (χ1) is 8.03. The van der Waals surface area contributed by atoms with Gasteiger partial charge < -0.3 is 10.4 Å². The third kappa shape index (κ3) is 2.53. The van der Waals surface area contributed by atoms with E-state index in [2.05, 4.69) is 44.3 Å². The number of hydrogen-bond acceptors (Lipinski definition) is 2. The van der Waals surface area contributed by atoms with Gasteiger partial charge in [0, 0.05) is 13.0 Å². The van der Waals surface area contributed by atoms with E-state index < -0.39 is 5.60 Å². The van der Waals surface area contributed by atoms with E-state index in [0.717, 1.165) is 25.9 Å². The van der Waals surface area contributed by atoms with Crippen LogP contribution < -0.4 is 5.32 Å². The molecule has 2 rings (SSSR count). The topological polar surface area (TPSA) is 32.3 Å². The number of nitrogens with one attached hydrogen (secondary N) is 1. The number of rotatable bonds is 2. The molecule has 2 nitrogen and oxygen atoms in total. The molecule has 0 saturated carbocycles. The van der Waals surface area contributed by atoms with Crippen molar-refractivity contribution in [2.75, 3.05) is 13.1 Å². The molecule has 0 amide bonds. The van der Waals surface area contributed by atoms with Crippen LogP contribution in [0.1, 0.15) is 30.0 Å².